The zero-order valence-corrected chi connectivity index (χ0v) is 13.6. The van der Waals surface area contributed by atoms with E-state index < -0.39 is 5.91 Å². The van der Waals surface area contributed by atoms with E-state index in [1.807, 2.05) is 0 Å². The molecule has 0 bridgehead atoms. The molecule has 0 aliphatic carbocycles. The first-order valence-electron chi connectivity index (χ1n) is 7.11. The van der Waals surface area contributed by atoms with Crippen LogP contribution >= 0.6 is 12.2 Å². The van der Waals surface area contributed by atoms with Gasteiger partial charge in [-0.1, -0.05) is 31.9 Å². The number of benzene rings is 1. The van der Waals surface area contributed by atoms with Gasteiger partial charge >= 0.3 is 0 Å². The van der Waals surface area contributed by atoms with Crippen molar-refractivity contribution in [3.63, 3.8) is 0 Å². The minimum atomic E-state index is -0.403. The molecular weight excluding hydrogens is 302 g/mol. The Morgan fingerprint density at radius 1 is 1.18 bits per heavy atom. The zero-order valence-electron chi connectivity index (χ0n) is 12.8. The zero-order chi connectivity index (χ0) is 16.4. The summed E-state index contributed by atoms with van der Waals surface area (Å²) in [7, 11) is 1.49. The third-order valence-corrected chi connectivity index (χ3v) is 3.11. The van der Waals surface area contributed by atoms with E-state index in [1.54, 1.807) is 24.3 Å². The molecule has 3 N–H and O–H groups in total. The number of carbonyl (C=O) groups excluding carboxylic acids is 2. The van der Waals surface area contributed by atoms with Gasteiger partial charge in [-0.25, -0.2) is 0 Å². The van der Waals surface area contributed by atoms with Crippen LogP contribution in [-0.2, 0) is 4.79 Å². The standard InChI is InChI=1S/C15H21N3O3S/c1-3-4-5-10-13(19)16-15(22)18-17-14(20)11-8-6-7-9-12(11)21-2/h6-9H,3-5,10H2,1-2H3,(H,17,20)(H2,16,18,19,22). The van der Waals surface area contributed by atoms with Crippen LogP contribution in [0.25, 0.3) is 0 Å². The van der Waals surface area contributed by atoms with Crippen molar-refractivity contribution in [3.05, 3.63) is 29.8 Å². The molecular formula is C15H21N3O3S. The van der Waals surface area contributed by atoms with Crippen molar-refractivity contribution in [2.45, 2.75) is 32.6 Å². The first kappa shape index (κ1) is 17.9. The lowest BCUT2D eigenvalue weighted by molar-refractivity contribution is -0.119. The summed E-state index contributed by atoms with van der Waals surface area (Å²) in [5.41, 5.74) is 5.29. The predicted molar refractivity (Wildman–Crippen MR) is 88.5 cm³/mol. The minimum Gasteiger partial charge on any atom is -0.496 e. The molecule has 2 amide bonds. The molecule has 0 radical (unpaired) electrons. The molecule has 0 heterocycles. The Hall–Kier alpha value is -2.15. The molecule has 22 heavy (non-hydrogen) atoms. The molecule has 0 atom stereocenters. The summed E-state index contributed by atoms with van der Waals surface area (Å²) in [5, 5.41) is 2.57. The first-order valence-corrected chi connectivity index (χ1v) is 7.52. The smallest absolute Gasteiger partial charge is 0.273 e. The minimum absolute atomic E-state index is 0.0600. The molecule has 6 nitrogen and oxygen atoms in total. The normalized spacial score (nSPS) is 9.73. The number of hydrogen-bond donors (Lipinski definition) is 3. The maximum Gasteiger partial charge on any atom is 0.273 e. The molecule has 0 unspecified atom stereocenters. The highest BCUT2D eigenvalue weighted by Gasteiger charge is 2.11. The van der Waals surface area contributed by atoms with E-state index >= 15 is 0 Å². The molecule has 0 spiro atoms. The van der Waals surface area contributed by atoms with Gasteiger partial charge in [0, 0.05) is 6.42 Å². The van der Waals surface area contributed by atoms with Gasteiger partial charge in [-0.05, 0) is 30.8 Å². The fourth-order valence-corrected chi connectivity index (χ4v) is 1.93. The van der Waals surface area contributed by atoms with Crippen molar-refractivity contribution in [2.75, 3.05) is 7.11 Å². The molecule has 120 valence electrons. The second-order valence-electron chi connectivity index (χ2n) is 4.61. The summed E-state index contributed by atoms with van der Waals surface area (Å²) < 4.78 is 5.10. The third-order valence-electron chi connectivity index (χ3n) is 2.90. The molecule has 1 aromatic rings. The van der Waals surface area contributed by atoms with Gasteiger partial charge < -0.3 is 10.1 Å². The number of rotatable bonds is 6. The number of thiocarbonyl (C=S) groups is 1. The highest BCUT2D eigenvalue weighted by molar-refractivity contribution is 7.80. The molecule has 7 heteroatoms. The van der Waals surface area contributed by atoms with Gasteiger partial charge in [-0.15, -0.1) is 0 Å². The number of hydrazine groups is 1. The van der Waals surface area contributed by atoms with Gasteiger partial charge in [0.15, 0.2) is 5.11 Å². The SMILES string of the molecule is CCCCCC(=O)NC(=S)NNC(=O)c1ccccc1OC. The monoisotopic (exact) mass is 323 g/mol. The number of methoxy groups -OCH3 is 1. The van der Waals surface area contributed by atoms with Gasteiger partial charge in [0.2, 0.25) is 5.91 Å². The van der Waals surface area contributed by atoms with E-state index in [2.05, 4.69) is 23.1 Å². The van der Waals surface area contributed by atoms with Crippen molar-refractivity contribution in [1.82, 2.24) is 16.2 Å². The number of hydrogen-bond acceptors (Lipinski definition) is 4. The van der Waals surface area contributed by atoms with Gasteiger partial charge in [0.25, 0.3) is 5.91 Å². The van der Waals surface area contributed by atoms with E-state index in [4.69, 9.17) is 17.0 Å². The summed E-state index contributed by atoms with van der Waals surface area (Å²) >= 11 is 4.95. The van der Waals surface area contributed by atoms with Crippen LogP contribution in [-0.4, -0.2) is 24.0 Å². The van der Waals surface area contributed by atoms with Crippen LogP contribution in [0.4, 0.5) is 0 Å². The Labute approximate surface area is 135 Å². The Kier molecular flexibility index (Phi) is 7.91. The van der Waals surface area contributed by atoms with Crippen LogP contribution in [0.1, 0.15) is 43.0 Å². The number of nitrogens with one attached hydrogen (secondary N) is 3. The van der Waals surface area contributed by atoms with E-state index in [0.29, 0.717) is 17.7 Å². The van der Waals surface area contributed by atoms with Gasteiger partial charge in [0.1, 0.15) is 5.75 Å². The van der Waals surface area contributed by atoms with E-state index in [1.165, 1.54) is 7.11 Å². The number of ether oxygens (including phenoxy) is 1. The largest absolute Gasteiger partial charge is 0.496 e. The van der Waals surface area contributed by atoms with E-state index in [9.17, 15) is 9.59 Å². The van der Waals surface area contributed by atoms with Gasteiger partial charge in [0.05, 0.1) is 12.7 Å². The Bertz CT molecular complexity index is 535. The van der Waals surface area contributed by atoms with Crippen LogP contribution in [0.3, 0.4) is 0 Å². The molecule has 1 rings (SSSR count). The Morgan fingerprint density at radius 3 is 2.59 bits per heavy atom. The van der Waals surface area contributed by atoms with Crippen LogP contribution in [0.2, 0.25) is 0 Å². The summed E-state index contributed by atoms with van der Waals surface area (Å²) in [5.74, 6) is -0.117. The molecule has 1 aromatic carbocycles. The summed E-state index contributed by atoms with van der Waals surface area (Å²) in [4.78, 5) is 23.6. The van der Waals surface area contributed by atoms with Crippen molar-refractivity contribution >= 4 is 29.1 Å². The second kappa shape index (κ2) is 9.73. The van der Waals surface area contributed by atoms with Crippen LogP contribution in [0, 0.1) is 0 Å². The molecule has 0 aromatic heterocycles. The third kappa shape index (κ3) is 6.09. The van der Waals surface area contributed by atoms with Gasteiger partial charge in [-0.3, -0.25) is 20.4 Å². The number of unbranched alkanes of at least 4 members (excludes halogenated alkanes) is 2. The Balaban J connectivity index is 2.40. The van der Waals surface area contributed by atoms with Crippen molar-refractivity contribution < 1.29 is 14.3 Å². The van der Waals surface area contributed by atoms with Crippen molar-refractivity contribution in [3.8, 4) is 5.75 Å². The van der Waals surface area contributed by atoms with Crippen LogP contribution in [0.15, 0.2) is 24.3 Å². The second-order valence-corrected chi connectivity index (χ2v) is 5.02. The van der Waals surface area contributed by atoms with Crippen molar-refractivity contribution in [1.29, 1.82) is 0 Å². The number of amides is 2. The highest BCUT2D eigenvalue weighted by Crippen LogP contribution is 2.16. The van der Waals surface area contributed by atoms with Crippen LogP contribution < -0.4 is 20.9 Å². The number of para-hydroxylation sites is 1. The number of carbonyl (C=O) groups is 2. The topological polar surface area (TPSA) is 79.5 Å². The Morgan fingerprint density at radius 2 is 1.91 bits per heavy atom. The molecule has 0 aliphatic heterocycles. The van der Waals surface area contributed by atoms with Crippen LogP contribution in [0.5, 0.6) is 5.75 Å². The van der Waals surface area contributed by atoms with E-state index in [-0.39, 0.29) is 11.0 Å². The quantitative estimate of drug-likeness (QED) is 0.423. The average molecular weight is 323 g/mol. The first-order chi connectivity index (χ1) is 10.6. The maximum absolute atomic E-state index is 12.0. The lowest BCUT2D eigenvalue weighted by Crippen LogP contribution is -2.48. The summed E-state index contributed by atoms with van der Waals surface area (Å²) in [6.45, 7) is 2.07. The predicted octanol–water partition coefficient (Wildman–Crippen LogP) is 1.91. The maximum atomic E-state index is 12.0. The van der Waals surface area contributed by atoms with Gasteiger partial charge in [-0.2, -0.15) is 0 Å². The lowest BCUT2D eigenvalue weighted by atomic mass is 10.2. The fraction of sp³-hybridized carbons (Fsp3) is 0.400. The molecule has 0 fully saturated rings. The summed E-state index contributed by atoms with van der Waals surface area (Å²) in [6.07, 6.45) is 3.28. The van der Waals surface area contributed by atoms with Crippen molar-refractivity contribution in [2.24, 2.45) is 0 Å². The highest BCUT2D eigenvalue weighted by atomic mass is 32.1. The molecule has 0 saturated carbocycles. The molecule has 0 saturated heterocycles. The summed E-state index contributed by atoms with van der Waals surface area (Å²) in [6, 6.07) is 6.81. The van der Waals surface area contributed by atoms with E-state index in [0.717, 1.165) is 19.3 Å². The molecule has 0 aliphatic rings. The lowest BCUT2D eigenvalue weighted by Gasteiger charge is -2.12. The fourth-order valence-electron chi connectivity index (χ4n) is 1.77. The average Bonchev–Trinajstić information content (AvgIpc) is 2.52.